The second-order valence-corrected chi connectivity index (χ2v) is 20.3. The maximum atomic E-state index is 12.9. The number of ether oxygens (including phenoxy) is 3. The quantitative estimate of drug-likeness (QED) is 0.0261. The Morgan fingerprint density at radius 1 is 0.286 bits per heavy atom. The summed E-state index contributed by atoms with van der Waals surface area (Å²) in [7, 11) is 0. The standard InChI is InChI=1S/C64H114O6/c1-4-7-10-13-16-19-22-25-28-31-34-36-39-42-45-48-51-54-57-63(66)69-60-61(70-64(67)58-55-52-49-46-43-40-37-33-30-27-24-21-18-15-12-9-6-3)59-68-62(65)56-53-50-47-44-41-38-35-32-29-26-23-20-17-14-11-8-5-2/h17,20,26-27,29-30,37,40,46,49,61H,4-16,18-19,21-25,28,31-36,38-39,41-45,47-48,50-60H2,1-3H3/b20-17-,29-26-,30-27-,40-37-,49-46-. The number of rotatable bonds is 55. The summed E-state index contributed by atoms with van der Waals surface area (Å²) in [4.78, 5) is 38.2. The van der Waals surface area contributed by atoms with Crippen LogP contribution in [-0.2, 0) is 28.6 Å². The van der Waals surface area contributed by atoms with Crippen molar-refractivity contribution in [2.45, 2.75) is 316 Å². The Balaban J connectivity index is 4.43. The van der Waals surface area contributed by atoms with Gasteiger partial charge in [0.05, 0.1) is 0 Å². The Morgan fingerprint density at radius 2 is 0.529 bits per heavy atom. The van der Waals surface area contributed by atoms with Gasteiger partial charge in [0.25, 0.3) is 0 Å². The molecule has 0 aromatic carbocycles. The van der Waals surface area contributed by atoms with Crippen molar-refractivity contribution < 1.29 is 28.6 Å². The van der Waals surface area contributed by atoms with E-state index >= 15 is 0 Å². The van der Waals surface area contributed by atoms with Gasteiger partial charge in [0.1, 0.15) is 13.2 Å². The van der Waals surface area contributed by atoms with Gasteiger partial charge in [0, 0.05) is 19.3 Å². The first-order valence-electron chi connectivity index (χ1n) is 30.3. The first-order chi connectivity index (χ1) is 34.5. The van der Waals surface area contributed by atoms with Crippen LogP contribution < -0.4 is 0 Å². The van der Waals surface area contributed by atoms with Crippen molar-refractivity contribution >= 4 is 17.9 Å². The molecule has 1 atom stereocenters. The molecule has 0 aromatic rings. The van der Waals surface area contributed by atoms with E-state index in [9.17, 15) is 14.4 Å². The molecule has 406 valence electrons. The van der Waals surface area contributed by atoms with Gasteiger partial charge in [-0.3, -0.25) is 14.4 Å². The fraction of sp³-hybridized carbons (Fsp3) is 0.797. The summed E-state index contributed by atoms with van der Waals surface area (Å²) in [5, 5.41) is 0. The van der Waals surface area contributed by atoms with Gasteiger partial charge in [-0.05, 0) is 83.5 Å². The zero-order valence-corrected chi connectivity index (χ0v) is 46.5. The van der Waals surface area contributed by atoms with E-state index in [4.69, 9.17) is 14.2 Å². The zero-order chi connectivity index (χ0) is 50.7. The van der Waals surface area contributed by atoms with Gasteiger partial charge < -0.3 is 14.2 Å². The average molecular weight is 980 g/mol. The van der Waals surface area contributed by atoms with Crippen LogP contribution >= 0.6 is 0 Å². The molecule has 0 aliphatic rings. The lowest BCUT2D eigenvalue weighted by Crippen LogP contribution is -2.30. The predicted octanol–water partition coefficient (Wildman–Crippen LogP) is 20.4. The lowest BCUT2D eigenvalue weighted by molar-refractivity contribution is -0.167. The van der Waals surface area contributed by atoms with Crippen molar-refractivity contribution in [3.05, 3.63) is 60.8 Å². The zero-order valence-electron chi connectivity index (χ0n) is 46.5. The van der Waals surface area contributed by atoms with Crippen molar-refractivity contribution in [3.63, 3.8) is 0 Å². The highest BCUT2D eigenvalue weighted by Crippen LogP contribution is 2.16. The molecule has 0 aliphatic heterocycles. The van der Waals surface area contributed by atoms with E-state index in [1.54, 1.807) is 0 Å². The number of unbranched alkanes of at least 4 members (excludes halogenated alkanes) is 34. The van der Waals surface area contributed by atoms with E-state index in [1.165, 1.54) is 193 Å². The van der Waals surface area contributed by atoms with Crippen molar-refractivity contribution in [3.8, 4) is 0 Å². The maximum absolute atomic E-state index is 12.9. The van der Waals surface area contributed by atoms with Crippen LogP contribution in [0.15, 0.2) is 60.8 Å². The highest BCUT2D eigenvalue weighted by Gasteiger charge is 2.19. The van der Waals surface area contributed by atoms with Crippen molar-refractivity contribution in [2.75, 3.05) is 13.2 Å². The molecule has 0 aliphatic carbocycles. The number of hydrogen-bond donors (Lipinski definition) is 0. The smallest absolute Gasteiger partial charge is 0.306 e. The van der Waals surface area contributed by atoms with Gasteiger partial charge in [0.2, 0.25) is 0 Å². The Morgan fingerprint density at radius 3 is 0.871 bits per heavy atom. The van der Waals surface area contributed by atoms with Crippen LogP contribution in [-0.4, -0.2) is 37.2 Å². The Hall–Kier alpha value is -2.89. The molecule has 0 amide bonds. The summed E-state index contributed by atoms with van der Waals surface area (Å²) in [6.45, 7) is 6.60. The van der Waals surface area contributed by atoms with E-state index in [2.05, 4.69) is 81.5 Å². The lowest BCUT2D eigenvalue weighted by atomic mass is 10.0. The normalized spacial score (nSPS) is 12.4. The van der Waals surface area contributed by atoms with Crippen LogP contribution in [0.2, 0.25) is 0 Å². The summed E-state index contributed by atoms with van der Waals surface area (Å²) in [5.41, 5.74) is 0. The molecule has 6 nitrogen and oxygen atoms in total. The fourth-order valence-electron chi connectivity index (χ4n) is 8.67. The summed E-state index contributed by atoms with van der Waals surface area (Å²) in [6, 6.07) is 0. The Bertz CT molecular complexity index is 1260. The van der Waals surface area contributed by atoms with Crippen molar-refractivity contribution in [1.82, 2.24) is 0 Å². The number of hydrogen-bond acceptors (Lipinski definition) is 6. The molecule has 0 bridgehead atoms. The first kappa shape index (κ1) is 67.1. The van der Waals surface area contributed by atoms with Gasteiger partial charge in [-0.25, -0.2) is 0 Å². The molecule has 70 heavy (non-hydrogen) atoms. The highest BCUT2D eigenvalue weighted by atomic mass is 16.6. The molecule has 0 rings (SSSR count). The molecule has 0 N–H and O–H groups in total. The summed E-state index contributed by atoms with van der Waals surface area (Å²) in [6.07, 6.45) is 73.6. The fourth-order valence-corrected chi connectivity index (χ4v) is 8.67. The van der Waals surface area contributed by atoms with Crippen molar-refractivity contribution in [2.24, 2.45) is 0 Å². The van der Waals surface area contributed by atoms with Crippen LogP contribution in [0.4, 0.5) is 0 Å². The van der Waals surface area contributed by atoms with Crippen LogP contribution in [0.3, 0.4) is 0 Å². The van der Waals surface area contributed by atoms with Gasteiger partial charge in [-0.15, -0.1) is 0 Å². The summed E-state index contributed by atoms with van der Waals surface area (Å²) in [5.74, 6) is -0.940. The molecular formula is C64H114O6. The van der Waals surface area contributed by atoms with E-state index < -0.39 is 6.10 Å². The monoisotopic (exact) mass is 979 g/mol. The predicted molar refractivity (Wildman–Crippen MR) is 302 cm³/mol. The van der Waals surface area contributed by atoms with E-state index in [0.29, 0.717) is 19.3 Å². The van der Waals surface area contributed by atoms with Gasteiger partial charge in [0.15, 0.2) is 6.10 Å². The summed E-state index contributed by atoms with van der Waals surface area (Å²) < 4.78 is 16.9. The van der Waals surface area contributed by atoms with Crippen LogP contribution in [0.5, 0.6) is 0 Å². The molecule has 0 spiro atoms. The largest absolute Gasteiger partial charge is 0.462 e. The second kappa shape index (κ2) is 58.7. The number of carbonyl (C=O) groups is 3. The SMILES string of the molecule is CCCCC/C=C\C/C=C\CCCCCCCCCC(=O)OCC(COC(=O)CCCCCCCCCCCCCCCCCCCC)OC(=O)CCC/C=C\C/C=C\C/C=C\CCCCCCCC. The minimum Gasteiger partial charge on any atom is -0.462 e. The van der Waals surface area contributed by atoms with Gasteiger partial charge >= 0.3 is 17.9 Å². The molecule has 0 heterocycles. The first-order valence-corrected chi connectivity index (χ1v) is 30.3. The average Bonchev–Trinajstić information content (AvgIpc) is 3.36. The third kappa shape index (κ3) is 56.0. The number of carbonyl (C=O) groups excluding carboxylic acids is 3. The minimum atomic E-state index is -0.803. The molecule has 0 aromatic heterocycles. The third-order valence-electron chi connectivity index (χ3n) is 13.2. The van der Waals surface area contributed by atoms with Gasteiger partial charge in [-0.1, -0.05) is 268 Å². The van der Waals surface area contributed by atoms with Crippen LogP contribution in [0.1, 0.15) is 310 Å². The van der Waals surface area contributed by atoms with Gasteiger partial charge in [-0.2, -0.15) is 0 Å². The van der Waals surface area contributed by atoms with E-state index in [1.807, 2.05) is 0 Å². The Labute approximate surface area is 434 Å². The summed E-state index contributed by atoms with van der Waals surface area (Å²) >= 11 is 0. The highest BCUT2D eigenvalue weighted by molar-refractivity contribution is 5.71. The number of esters is 3. The molecule has 0 radical (unpaired) electrons. The molecule has 0 fully saturated rings. The maximum Gasteiger partial charge on any atom is 0.306 e. The second-order valence-electron chi connectivity index (χ2n) is 20.3. The topological polar surface area (TPSA) is 78.9 Å². The third-order valence-corrected chi connectivity index (χ3v) is 13.2. The molecular weight excluding hydrogens is 865 g/mol. The van der Waals surface area contributed by atoms with E-state index in [0.717, 1.165) is 70.6 Å². The Kier molecular flexibility index (Phi) is 56.3. The van der Waals surface area contributed by atoms with E-state index in [-0.39, 0.29) is 37.5 Å². The minimum absolute atomic E-state index is 0.0939. The van der Waals surface area contributed by atoms with Crippen LogP contribution in [0.25, 0.3) is 0 Å². The van der Waals surface area contributed by atoms with Crippen LogP contribution in [0, 0.1) is 0 Å². The lowest BCUT2D eigenvalue weighted by Gasteiger charge is -2.18. The van der Waals surface area contributed by atoms with Crippen molar-refractivity contribution in [1.29, 1.82) is 0 Å². The number of allylic oxidation sites excluding steroid dienone is 10. The molecule has 0 saturated heterocycles. The molecule has 0 saturated carbocycles. The molecule has 6 heteroatoms. The molecule has 1 unspecified atom stereocenters.